The van der Waals surface area contributed by atoms with Crippen LogP contribution in [0.15, 0.2) is 21.8 Å². The molecule has 1 heterocycles. The molecule has 1 saturated carbocycles. The van der Waals surface area contributed by atoms with Gasteiger partial charge in [-0.15, -0.1) is 0 Å². The Morgan fingerprint density at radius 3 is 2.85 bits per heavy atom. The van der Waals surface area contributed by atoms with E-state index >= 15 is 0 Å². The molecule has 0 bridgehead atoms. The number of amides is 1. The van der Waals surface area contributed by atoms with Crippen molar-refractivity contribution in [1.82, 2.24) is 10.4 Å². The van der Waals surface area contributed by atoms with Gasteiger partial charge in [-0.1, -0.05) is 20.8 Å². The molecule has 2 atom stereocenters. The van der Waals surface area contributed by atoms with Crippen molar-refractivity contribution in [2.75, 3.05) is 0 Å². The van der Waals surface area contributed by atoms with Crippen LogP contribution in [0.2, 0.25) is 0 Å². The van der Waals surface area contributed by atoms with Crippen LogP contribution in [0.5, 0.6) is 0 Å². The van der Waals surface area contributed by atoms with Crippen molar-refractivity contribution in [2.24, 2.45) is 22.9 Å². The summed E-state index contributed by atoms with van der Waals surface area (Å²) in [6.45, 7) is 6.69. The van der Waals surface area contributed by atoms with Crippen LogP contribution in [0.1, 0.15) is 50.5 Å². The summed E-state index contributed by atoms with van der Waals surface area (Å²) >= 11 is 3.32. The summed E-state index contributed by atoms with van der Waals surface area (Å²) in [7, 11) is 0. The summed E-state index contributed by atoms with van der Waals surface area (Å²) < 4.78 is 0.863. The minimum absolute atomic E-state index is 0.191. The molecule has 2 N–H and O–H groups in total. The molecule has 0 radical (unpaired) electrons. The fourth-order valence-electron chi connectivity index (χ4n) is 2.77. The van der Waals surface area contributed by atoms with Crippen LogP contribution in [0, 0.1) is 17.8 Å². The van der Waals surface area contributed by atoms with Crippen molar-refractivity contribution in [2.45, 2.75) is 40.0 Å². The quantitative estimate of drug-likeness (QED) is 0.804. The van der Waals surface area contributed by atoms with Gasteiger partial charge in [0.15, 0.2) is 0 Å². The first kappa shape index (κ1) is 15.3. The Balaban J connectivity index is 2.05. The fraction of sp³-hybridized carbons (Fsp3) is 0.600. The number of carbonyl (C=O) groups excluding carboxylic acids is 1. The number of hydrogen-bond acceptors (Lipinski definition) is 2. The molecule has 0 spiro atoms. The third-order valence-electron chi connectivity index (χ3n) is 3.95. The Labute approximate surface area is 128 Å². The van der Waals surface area contributed by atoms with Gasteiger partial charge < -0.3 is 4.98 Å². The molecule has 0 aromatic carbocycles. The highest BCUT2D eigenvalue weighted by Gasteiger charge is 2.27. The molecule has 2 rings (SSSR count). The lowest BCUT2D eigenvalue weighted by Gasteiger charge is -2.30. The number of rotatable bonds is 3. The van der Waals surface area contributed by atoms with Gasteiger partial charge in [0.05, 0.1) is 0 Å². The molecular weight excluding hydrogens is 318 g/mol. The summed E-state index contributed by atoms with van der Waals surface area (Å²) in [5.74, 6) is 1.52. The standard InChI is InChI=1S/C15H22BrN3O/c1-9(2)12-5-4-10(3)6-13(12)18-19-15(20)14-7-11(16)8-17-14/h7-10,12,17H,4-6H2,1-3H3,(H,19,20)/t10-,12+/m1/s1. The van der Waals surface area contributed by atoms with Gasteiger partial charge in [-0.3, -0.25) is 4.79 Å². The molecule has 1 aliphatic rings. The average Bonchev–Trinajstić information content (AvgIpc) is 2.82. The Morgan fingerprint density at radius 1 is 1.50 bits per heavy atom. The van der Waals surface area contributed by atoms with Crippen LogP contribution >= 0.6 is 15.9 Å². The molecule has 1 aliphatic carbocycles. The normalized spacial score (nSPS) is 25.1. The second-order valence-electron chi connectivity index (χ2n) is 6.01. The summed E-state index contributed by atoms with van der Waals surface area (Å²) in [5, 5.41) is 4.40. The van der Waals surface area contributed by atoms with Crippen LogP contribution in [0.25, 0.3) is 0 Å². The lowest BCUT2D eigenvalue weighted by molar-refractivity contribution is 0.0949. The summed E-state index contributed by atoms with van der Waals surface area (Å²) in [6.07, 6.45) is 5.14. The van der Waals surface area contributed by atoms with Crippen molar-refractivity contribution in [1.29, 1.82) is 0 Å². The van der Waals surface area contributed by atoms with Gasteiger partial charge in [-0.05, 0) is 53.1 Å². The largest absolute Gasteiger partial charge is 0.356 e. The van der Waals surface area contributed by atoms with Gasteiger partial charge in [0.2, 0.25) is 0 Å². The zero-order valence-corrected chi connectivity index (χ0v) is 13.8. The van der Waals surface area contributed by atoms with E-state index in [1.165, 1.54) is 12.8 Å². The van der Waals surface area contributed by atoms with E-state index in [4.69, 9.17) is 0 Å². The highest BCUT2D eigenvalue weighted by molar-refractivity contribution is 9.10. The number of hydrazone groups is 1. The molecule has 4 nitrogen and oxygen atoms in total. The van der Waals surface area contributed by atoms with Crippen molar-refractivity contribution in [3.05, 3.63) is 22.4 Å². The van der Waals surface area contributed by atoms with Gasteiger partial charge in [-0.2, -0.15) is 5.10 Å². The highest BCUT2D eigenvalue weighted by atomic mass is 79.9. The molecule has 0 unspecified atom stereocenters. The summed E-state index contributed by atoms with van der Waals surface area (Å²) in [5.41, 5.74) is 4.34. The molecule has 0 aliphatic heterocycles. The fourth-order valence-corrected chi connectivity index (χ4v) is 3.11. The molecule has 1 amide bonds. The molecule has 5 heteroatoms. The van der Waals surface area contributed by atoms with E-state index in [9.17, 15) is 4.79 Å². The predicted molar refractivity (Wildman–Crippen MR) is 84.7 cm³/mol. The Bertz CT molecular complexity index is 507. The maximum Gasteiger partial charge on any atom is 0.287 e. The predicted octanol–water partition coefficient (Wildman–Crippen LogP) is 3.96. The number of nitrogens with one attached hydrogen (secondary N) is 2. The van der Waals surface area contributed by atoms with Gasteiger partial charge >= 0.3 is 0 Å². The molecule has 0 saturated heterocycles. The van der Waals surface area contributed by atoms with E-state index in [0.717, 1.165) is 16.6 Å². The number of nitrogens with zero attached hydrogens (tertiary/aromatic N) is 1. The van der Waals surface area contributed by atoms with Gasteiger partial charge in [0.25, 0.3) is 5.91 Å². The average molecular weight is 340 g/mol. The van der Waals surface area contributed by atoms with Crippen LogP contribution < -0.4 is 5.43 Å². The molecular formula is C15H22BrN3O. The Morgan fingerprint density at radius 2 is 2.25 bits per heavy atom. The zero-order valence-electron chi connectivity index (χ0n) is 12.2. The van der Waals surface area contributed by atoms with Crippen molar-refractivity contribution in [3.8, 4) is 0 Å². The van der Waals surface area contributed by atoms with E-state index in [-0.39, 0.29) is 5.91 Å². The minimum Gasteiger partial charge on any atom is -0.356 e. The van der Waals surface area contributed by atoms with E-state index in [1.54, 1.807) is 12.3 Å². The van der Waals surface area contributed by atoms with Crippen molar-refractivity contribution in [3.63, 3.8) is 0 Å². The number of carbonyl (C=O) groups is 1. The third kappa shape index (κ3) is 3.72. The number of H-pyrrole nitrogens is 1. The number of halogens is 1. The van der Waals surface area contributed by atoms with Gasteiger partial charge in [0.1, 0.15) is 5.69 Å². The molecule has 1 aromatic heterocycles. The number of aromatic amines is 1. The maximum atomic E-state index is 12.0. The van der Waals surface area contributed by atoms with E-state index in [1.807, 2.05) is 0 Å². The summed E-state index contributed by atoms with van der Waals surface area (Å²) in [4.78, 5) is 14.9. The zero-order chi connectivity index (χ0) is 14.7. The third-order valence-corrected chi connectivity index (χ3v) is 4.41. The minimum atomic E-state index is -0.191. The smallest absolute Gasteiger partial charge is 0.287 e. The van der Waals surface area contributed by atoms with Crippen LogP contribution in [0.3, 0.4) is 0 Å². The molecule has 110 valence electrons. The highest BCUT2D eigenvalue weighted by Crippen LogP contribution is 2.31. The lowest BCUT2D eigenvalue weighted by atomic mass is 9.76. The number of hydrogen-bond donors (Lipinski definition) is 2. The van der Waals surface area contributed by atoms with Gasteiger partial charge in [-0.25, -0.2) is 5.43 Å². The first-order valence-corrected chi connectivity index (χ1v) is 7.97. The molecule has 1 fully saturated rings. The first-order valence-electron chi connectivity index (χ1n) is 7.18. The van der Waals surface area contributed by atoms with Crippen molar-refractivity contribution >= 4 is 27.5 Å². The van der Waals surface area contributed by atoms with E-state index in [2.05, 4.69) is 52.2 Å². The van der Waals surface area contributed by atoms with Crippen LogP contribution in [0.4, 0.5) is 0 Å². The van der Waals surface area contributed by atoms with Crippen LogP contribution in [-0.4, -0.2) is 16.6 Å². The van der Waals surface area contributed by atoms with E-state index < -0.39 is 0 Å². The van der Waals surface area contributed by atoms with Crippen LogP contribution in [-0.2, 0) is 0 Å². The molecule has 20 heavy (non-hydrogen) atoms. The summed E-state index contributed by atoms with van der Waals surface area (Å²) in [6, 6.07) is 1.75. The maximum absolute atomic E-state index is 12.0. The number of aromatic nitrogens is 1. The second-order valence-corrected chi connectivity index (χ2v) is 6.93. The SMILES string of the molecule is CC(C)[C@@H]1CC[C@@H](C)CC1=NNC(=O)c1cc(Br)c[nH]1. The topological polar surface area (TPSA) is 57.2 Å². The Hall–Kier alpha value is -1.10. The van der Waals surface area contributed by atoms with E-state index in [0.29, 0.717) is 23.4 Å². The molecule has 1 aromatic rings. The lowest BCUT2D eigenvalue weighted by Crippen LogP contribution is -2.31. The Kier molecular flexibility index (Phi) is 5.02. The first-order chi connectivity index (χ1) is 9.47. The van der Waals surface area contributed by atoms with Gasteiger partial charge in [0, 0.05) is 22.3 Å². The second kappa shape index (κ2) is 6.57. The monoisotopic (exact) mass is 339 g/mol. The van der Waals surface area contributed by atoms with Crippen molar-refractivity contribution < 1.29 is 4.79 Å².